The van der Waals surface area contributed by atoms with Crippen LogP contribution in [0.5, 0.6) is 0 Å². The second-order valence-electron chi connectivity index (χ2n) is 6.13. The molecule has 1 aromatic rings. The lowest BCUT2D eigenvalue weighted by molar-refractivity contribution is -0.146. The zero-order valence-electron chi connectivity index (χ0n) is 14.3. The van der Waals surface area contributed by atoms with E-state index in [9.17, 15) is 27.9 Å². The number of methoxy groups -OCH3 is 1. The first-order valence-corrected chi connectivity index (χ1v) is 7.77. The van der Waals surface area contributed by atoms with Crippen LogP contribution in [0.1, 0.15) is 31.4 Å². The van der Waals surface area contributed by atoms with Crippen LogP contribution in [0.4, 0.5) is 13.2 Å². The molecule has 1 aromatic carbocycles. The van der Waals surface area contributed by atoms with Crippen LogP contribution in [0.25, 0.3) is 0 Å². The Hall–Kier alpha value is -2.09. The van der Waals surface area contributed by atoms with Crippen LogP contribution in [0.15, 0.2) is 24.3 Å². The number of amides is 1. The Bertz CT molecular complexity index is 585. The number of halogens is 3. The highest BCUT2D eigenvalue weighted by molar-refractivity contribution is 5.87. The van der Waals surface area contributed by atoms with Crippen LogP contribution < -0.4 is 5.32 Å². The third kappa shape index (κ3) is 6.74. The van der Waals surface area contributed by atoms with Crippen molar-refractivity contribution in [2.24, 2.45) is 5.92 Å². The van der Waals surface area contributed by atoms with Crippen LogP contribution in [0.2, 0.25) is 0 Å². The fourth-order valence-electron chi connectivity index (χ4n) is 2.22. The topological polar surface area (TPSA) is 75.6 Å². The van der Waals surface area contributed by atoms with E-state index in [2.05, 4.69) is 10.1 Å². The van der Waals surface area contributed by atoms with Crippen LogP contribution in [0.3, 0.4) is 0 Å². The normalized spacial score (nSPS) is 14.1. The molecule has 0 saturated carbocycles. The molecule has 0 saturated heterocycles. The molecule has 0 spiro atoms. The van der Waals surface area contributed by atoms with Crippen LogP contribution in [-0.4, -0.2) is 36.2 Å². The minimum Gasteiger partial charge on any atom is -0.467 e. The van der Waals surface area contributed by atoms with Gasteiger partial charge in [-0.25, -0.2) is 4.79 Å². The van der Waals surface area contributed by atoms with E-state index < -0.39 is 35.8 Å². The van der Waals surface area contributed by atoms with Gasteiger partial charge in [0.2, 0.25) is 5.91 Å². The summed E-state index contributed by atoms with van der Waals surface area (Å²) in [4.78, 5) is 23.8. The quantitative estimate of drug-likeness (QED) is 0.731. The summed E-state index contributed by atoms with van der Waals surface area (Å²) in [5.41, 5.74) is -0.385. The maximum atomic E-state index is 12.6. The highest BCUT2D eigenvalue weighted by atomic mass is 19.4. The van der Waals surface area contributed by atoms with Crippen molar-refractivity contribution in [3.8, 4) is 0 Å². The fraction of sp³-hybridized carbons (Fsp3) is 0.529. The Morgan fingerprint density at radius 1 is 1.20 bits per heavy atom. The van der Waals surface area contributed by atoms with E-state index in [1.165, 1.54) is 12.1 Å². The number of nitrogens with one attached hydrogen (secondary N) is 1. The van der Waals surface area contributed by atoms with E-state index in [1.807, 2.05) is 13.8 Å². The van der Waals surface area contributed by atoms with Gasteiger partial charge in [-0.05, 0) is 30.0 Å². The standard InChI is InChI=1S/C17H22F3NO4/c1-10(2)8-14(22)15(23)21-13(16(24)25-3)9-11-4-6-12(7-5-11)17(18,19)20/h4-7,10,13-14,22H,8-9H2,1-3H3,(H,21,23)/t13-,14+/m0/s1. The van der Waals surface area contributed by atoms with Gasteiger partial charge in [0.15, 0.2) is 0 Å². The number of ether oxygens (including phenoxy) is 1. The predicted octanol–water partition coefficient (Wildman–Crippen LogP) is 2.31. The van der Waals surface area contributed by atoms with Gasteiger partial charge in [-0.1, -0.05) is 26.0 Å². The molecule has 0 aliphatic carbocycles. The zero-order chi connectivity index (χ0) is 19.2. The average Bonchev–Trinajstić information content (AvgIpc) is 2.52. The zero-order valence-corrected chi connectivity index (χ0v) is 14.3. The Kier molecular flexibility index (Phi) is 7.41. The minimum atomic E-state index is -4.45. The summed E-state index contributed by atoms with van der Waals surface area (Å²) in [5, 5.41) is 12.2. The van der Waals surface area contributed by atoms with Crippen LogP contribution >= 0.6 is 0 Å². The summed E-state index contributed by atoms with van der Waals surface area (Å²) in [5.74, 6) is -1.40. The van der Waals surface area contributed by atoms with E-state index in [0.29, 0.717) is 5.56 Å². The molecule has 0 aliphatic heterocycles. The van der Waals surface area contributed by atoms with Gasteiger partial charge in [-0.15, -0.1) is 0 Å². The average molecular weight is 361 g/mol. The summed E-state index contributed by atoms with van der Waals surface area (Å²) in [7, 11) is 1.14. The van der Waals surface area contributed by atoms with E-state index in [-0.39, 0.29) is 18.8 Å². The van der Waals surface area contributed by atoms with E-state index in [4.69, 9.17) is 0 Å². The molecule has 1 rings (SSSR count). The second kappa shape index (κ2) is 8.84. The molecule has 140 valence electrons. The highest BCUT2D eigenvalue weighted by Gasteiger charge is 2.30. The third-order valence-electron chi connectivity index (χ3n) is 3.52. The lowest BCUT2D eigenvalue weighted by atomic mass is 10.0. The third-order valence-corrected chi connectivity index (χ3v) is 3.52. The highest BCUT2D eigenvalue weighted by Crippen LogP contribution is 2.29. The number of rotatable bonds is 7. The molecule has 25 heavy (non-hydrogen) atoms. The van der Waals surface area contributed by atoms with Gasteiger partial charge in [-0.2, -0.15) is 13.2 Å². The Morgan fingerprint density at radius 3 is 2.20 bits per heavy atom. The van der Waals surface area contributed by atoms with Gasteiger partial charge >= 0.3 is 12.1 Å². The van der Waals surface area contributed by atoms with Gasteiger partial charge in [-0.3, -0.25) is 4.79 Å². The van der Waals surface area contributed by atoms with Gasteiger partial charge in [0.1, 0.15) is 12.1 Å². The maximum absolute atomic E-state index is 12.6. The van der Waals surface area contributed by atoms with Crippen molar-refractivity contribution in [1.29, 1.82) is 0 Å². The summed E-state index contributed by atoms with van der Waals surface area (Å²) >= 11 is 0. The number of hydrogen-bond acceptors (Lipinski definition) is 4. The van der Waals surface area contributed by atoms with Crippen molar-refractivity contribution in [2.75, 3.05) is 7.11 Å². The molecular formula is C17H22F3NO4. The second-order valence-corrected chi connectivity index (χ2v) is 6.13. The predicted molar refractivity (Wildman–Crippen MR) is 84.6 cm³/mol. The monoisotopic (exact) mass is 361 g/mol. The smallest absolute Gasteiger partial charge is 0.416 e. The first-order chi connectivity index (χ1) is 11.5. The fourth-order valence-corrected chi connectivity index (χ4v) is 2.22. The van der Waals surface area contributed by atoms with E-state index in [0.717, 1.165) is 19.2 Å². The number of alkyl halides is 3. The largest absolute Gasteiger partial charge is 0.467 e. The lowest BCUT2D eigenvalue weighted by Gasteiger charge is -2.20. The molecule has 5 nitrogen and oxygen atoms in total. The molecule has 0 heterocycles. The lowest BCUT2D eigenvalue weighted by Crippen LogP contribution is -2.47. The number of carbonyl (C=O) groups excluding carboxylic acids is 2. The molecular weight excluding hydrogens is 339 g/mol. The van der Waals surface area contributed by atoms with Crippen molar-refractivity contribution < 1.29 is 32.6 Å². The Morgan fingerprint density at radius 2 is 1.76 bits per heavy atom. The van der Waals surface area contributed by atoms with E-state index >= 15 is 0 Å². The van der Waals surface area contributed by atoms with Gasteiger partial charge in [0.05, 0.1) is 12.7 Å². The first-order valence-electron chi connectivity index (χ1n) is 7.77. The number of carbonyl (C=O) groups is 2. The maximum Gasteiger partial charge on any atom is 0.416 e. The van der Waals surface area contributed by atoms with Crippen molar-refractivity contribution >= 4 is 11.9 Å². The summed E-state index contributed by atoms with van der Waals surface area (Å²) < 4.78 is 42.3. The SMILES string of the molecule is COC(=O)[C@H](Cc1ccc(C(F)(F)F)cc1)NC(=O)[C@H](O)CC(C)C. The number of aliphatic hydroxyl groups excluding tert-OH is 1. The Balaban J connectivity index is 2.83. The van der Waals surface area contributed by atoms with Crippen molar-refractivity contribution in [3.63, 3.8) is 0 Å². The number of aliphatic hydroxyl groups is 1. The molecule has 1 amide bonds. The van der Waals surface area contributed by atoms with Gasteiger partial charge in [0.25, 0.3) is 0 Å². The molecule has 0 aliphatic rings. The van der Waals surface area contributed by atoms with Crippen LogP contribution in [-0.2, 0) is 26.9 Å². The van der Waals surface area contributed by atoms with Crippen molar-refractivity contribution in [3.05, 3.63) is 35.4 Å². The summed E-state index contributed by atoms with van der Waals surface area (Å²) in [6.07, 6.45) is -5.56. The van der Waals surface area contributed by atoms with Gasteiger partial charge in [0, 0.05) is 6.42 Å². The molecule has 0 fully saturated rings. The minimum absolute atomic E-state index is 0.0506. The van der Waals surface area contributed by atoms with Crippen molar-refractivity contribution in [2.45, 2.75) is 45.0 Å². The molecule has 0 radical (unpaired) electrons. The number of benzene rings is 1. The molecule has 0 bridgehead atoms. The van der Waals surface area contributed by atoms with Crippen LogP contribution in [0, 0.1) is 5.92 Å². The molecule has 0 aromatic heterocycles. The number of hydrogen-bond donors (Lipinski definition) is 2. The first kappa shape index (κ1) is 21.0. The molecule has 2 N–H and O–H groups in total. The molecule has 2 atom stereocenters. The molecule has 0 unspecified atom stereocenters. The summed E-state index contributed by atoms with van der Waals surface area (Å²) in [6, 6.07) is 3.17. The number of esters is 1. The van der Waals surface area contributed by atoms with E-state index in [1.54, 1.807) is 0 Å². The summed E-state index contributed by atoms with van der Waals surface area (Å²) in [6.45, 7) is 3.66. The Labute approximate surface area is 144 Å². The van der Waals surface area contributed by atoms with Gasteiger partial charge < -0.3 is 15.2 Å². The van der Waals surface area contributed by atoms with Crippen molar-refractivity contribution in [1.82, 2.24) is 5.32 Å². The molecule has 8 heteroatoms.